The van der Waals surface area contributed by atoms with Gasteiger partial charge in [0.2, 0.25) is 5.78 Å². The van der Waals surface area contributed by atoms with Crippen LogP contribution in [0.5, 0.6) is 11.5 Å². The minimum absolute atomic E-state index is 0.111. The SMILES string of the molecule is COC(=O)C(C(=O)c1ncccc1O)c1ccccc1OC(F)F. The molecule has 24 heavy (non-hydrogen) atoms. The first-order valence-electron chi connectivity index (χ1n) is 6.75. The van der Waals surface area contributed by atoms with Crippen LogP contribution in [-0.4, -0.2) is 35.6 Å². The van der Waals surface area contributed by atoms with Crippen molar-refractivity contribution in [2.75, 3.05) is 7.11 Å². The molecule has 1 aromatic carbocycles. The topological polar surface area (TPSA) is 85.7 Å². The summed E-state index contributed by atoms with van der Waals surface area (Å²) in [6.07, 6.45) is 1.25. The van der Waals surface area contributed by atoms with Crippen LogP contribution in [0.3, 0.4) is 0 Å². The van der Waals surface area contributed by atoms with Crippen LogP contribution in [0.2, 0.25) is 0 Å². The number of aromatic hydroxyl groups is 1. The Morgan fingerprint density at radius 2 is 1.88 bits per heavy atom. The summed E-state index contributed by atoms with van der Waals surface area (Å²) in [5.74, 6) is -4.28. The number of alkyl halides is 2. The summed E-state index contributed by atoms with van der Waals surface area (Å²) in [6, 6.07) is 7.97. The molecule has 1 atom stereocenters. The van der Waals surface area contributed by atoms with Gasteiger partial charge in [0.15, 0.2) is 5.92 Å². The van der Waals surface area contributed by atoms with E-state index in [0.29, 0.717) is 0 Å². The van der Waals surface area contributed by atoms with Gasteiger partial charge in [-0.2, -0.15) is 8.78 Å². The van der Waals surface area contributed by atoms with Crippen molar-refractivity contribution >= 4 is 11.8 Å². The fraction of sp³-hybridized carbons (Fsp3) is 0.188. The first-order chi connectivity index (χ1) is 11.5. The number of para-hydroxylation sites is 1. The fourth-order valence-electron chi connectivity index (χ4n) is 2.14. The number of rotatable bonds is 6. The Morgan fingerprint density at radius 3 is 2.50 bits per heavy atom. The number of pyridine rings is 1. The van der Waals surface area contributed by atoms with Crippen LogP contribution >= 0.6 is 0 Å². The average molecular weight is 337 g/mol. The van der Waals surface area contributed by atoms with E-state index >= 15 is 0 Å². The number of nitrogens with zero attached hydrogens (tertiary/aromatic N) is 1. The molecule has 0 aliphatic carbocycles. The molecule has 126 valence electrons. The van der Waals surface area contributed by atoms with Crippen molar-refractivity contribution in [1.82, 2.24) is 4.98 Å². The Balaban J connectivity index is 2.53. The van der Waals surface area contributed by atoms with E-state index in [9.17, 15) is 23.5 Å². The lowest BCUT2D eigenvalue weighted by molar-refractivity contribution is -0.141. The summed E-state index contributed by atoms with van der Waals surface area (Å²) in [6.45, 7) is -3.14. The highest BCUT2D eigenvalue weighted by Gasteiger charge is 2.35. The smallest absolute Gasteiger partial charge is 0.387 e. The number of methoxy groups -OCH3 is 1. The maximum absolute atomic E-state index is 12.6. The molecular weight excluding hydrogens is 324 g/mol. The zero-order chi connectivity index (χ0) is 17.7. The lowest BCUT2D eigenvalue weighted by atomic mass is 9.91. The summed E-state index contributed by atoms with van der Waals surface area (Å²) in [5, 5.41) is 9.76. The van der Waals surface area contributed by atoms with Crippen LogP contribution in [-0.2, 0) is 9.53 Å². The first-order valence-corrected chi connectivity index (χ1v) is 6.75. The molecule has 0 fully saturated rings. The number of ketones is 1. The quantitative estimate of drug-likeness (QED) is 0.495. The van der Waals surface area contributed by atoms with Crippen LogP contribution in [0.1, 0.15) is 22.0 Å². The molecular formula is C16H13F2NO5. The predicted molar refractivity (Wildman–Crippen MR) is 78.1 cm³/mol. The molecule has 0 saturated carbocycles. The van der Waals surface area contributed by atoms with E-state index in [4.69, 9.17) is 0 Å². The Morgan fingerprint density at radius 1 is 1.17 bits per heavy atom. The number of hydrogen-bond acceptors (Lipinski definition) is 6. The lowest BCUT2D eigenvalue weighted by Crippen LogP contribution is -2.25. The van der Waals surface area contributed by atoms with Gasteiger partial charge in [0.1, 0.15) is 17.2 Å². The van der Waals surface area contributed by atoms with E-state index in [-0.39, 0.29) is 17.0 Å². The standard InChI is InChI=1S/C16H13F2NO5/c1-23-15(22)12(14(21)13-10(20)6-4-8-19-13)9-5-2-3-7-11(9)24-16(17)18/h2-8,12,16,20H,1H3. The number of hydrogen-bond donors (Lipinski definition) is 1. The molecule has 1 heterocycles. The van der Waals surface area contributed by atoms with E-state index in [1.165, 1.54) is 42.6 Å². The maximum Gasteiger partial charge on any atom is 0.387 e. The van der Waals surface area contributed by atoms with E-state index in [1.54, 1.807) is 0 Å². The van der Waals surface area contributed by atoms with Crippen LogP contribution in [0.25, 0.3) is 0 Å². The fourth-order valence-corrected chi connectivity index (χ4v) is 2.14. The van der Waals surface area contributed by atoms with Crippen LogP contribution in [0, 0.1) is 0 Å². The van der Waals surface area contributed by atoms with Gasteiger partial charge in [0, 0.05) is 11.8 Å². The summed E-state index contributed by atoms with van der Waals surface area (Å²) < 4.78 is 34.1. The molecule has 0 radical (unpaired) electrons. The molecule has 0 bridgehead atoms. The number of aromatic nitrogens is 1. The molecule has 1 unspecified atom stereocenters. The van der Waals surface area contributed by atoms with Gasteiger partial charge in [-0.05, 0) is 18.2 Å². The molecule has 0 amide bonds. The second-order valence-corrected chi connectivity index (χ2v) is 4.61. The maximum atomic E-state index is 12.6. The average Bonchev–Trinajstić information content (AvgIpc) is 2.56. The number of benzene rings is 1. The van der Waals surface area contributed by atoms with Crippen molar-refractivity contribution in [3.63, 3.8) is 0 Å². The zero-order valence-corrected chi connectivity index (χ0v) is 12.5. The van der Waals surface area contributed by atoms with Gasteiger partial charge in [0.05, 0.1) is 7.11 Å². The summed E-state index contributed by atoms with van der Waals surface area (Å²) in [5.41, 5.74) is -0.487. The number of esters is 1. The highest BCUT2D eigenvalue weighted by Crippen LogP contribution is 2.32. The largest absolute Gasteiger partial charge is 0.506 e. The minimum atomic E-state index is -3.14. The highest BCUT2D eigenvalue weighted by molar-refractivity contribution is 6.13. The highest BCUT2D eigenvalue weighted by atomic mass is 19.3. The van der Waals surface area contributed by atoms with Gasteiger partial charge in [-0.15, -0.1) is 0 Å². The van der Waals surface area contributed by atoms with Gasteiger partial charge in [-0.25, -0.2) is 4.98 Å². The van der Waals surface area contributed by atoms with E-state index in [1.807, 2.05) is 0 Å². The van der Waals surface area contributed by atoms with Crippen molar-refractivity contribution in [2.24, 2.45) is 0 Å². The molecule has 0 aliphatic heterocycles. The van der Waals surface area contributed by atoms with Crippen LogP contribution < -0.4 is 4.74 Å². The monoisotopic (exact) mass is 337 g/mol. The Hall–Kier alpha value is -3.03. The molecule has 0 aliphatic rings. The third-order valence-electron chi connectivity index (χ3n) is 3.16. The van der Waals surface area contributed by atoms with Crippen molar-refractivity contribution in [2.45, 2.75) is 12.5 Å². The molecule has 2 rings (SSSR count). The second-order valence-electron chi connectivity index (χ2n) is 4.61. The first kappa shape index (κ1) is 17.3. The number of carbonyl (C=O) groups excluding carboxylic acids is 2. The Labute approximate surface area is 135 Å². The van der Waals surface area contributed by atoms with Crippen molar-refractivity contribution < 1.29 is 33.0 Å². The molecule has 0 spiro atoms. The Bertz CT molecular complexity index is 751. The van der Waals surface area contributed by atoms with Crippen LogP contribution in [0.15, 0.2) is 42.6 Å². The normalized spacial score (nSPS) is 11.8. The van der Waals surface area contributed by atoms with Gasteiger partial charge in [-0.3, -0.25) is 9.59 Å². The molecule has 0 saturated heterocycles. The second kappa shape index (κ2) is 7.49. The van der Waals surface area contributed by atoms with Crippen molar-refractivity contribution in [3.05, 3.63) is 53.9 Å². The third-order valence-corrected chi connectivity index (χ3v) is 3.16. The summed E-state index contributed by atoms with van der Waals surface area (Å²) in [4.78, 5) is 28.5. The van der Waals surface area contributed by atoms with Crippen molar-refractivity contribution in [1.29, 1.82) is 0 Å². The molecule has 2 aromatic rings. The van der Waals surface area contributed by atoms with E-state index < -0.39 is 30.0 Å². The van der Waals surface area contributed by atoms with Gasteiger partial charge >= 0.3 is 12.6 Å². The van der Waals surface area contributed by atoms with E-state index in [0.717, 1.165) is 7.11 Å². The van der Waals surface area contributed by atoms with Crippen LogP contribution in [0.4, 0.5) is 8.78 Å². The minimum Gasteiger partial charge on any atom is -0.506 e. The lowest BCUT2D eigenvalue weighted by Gasteiger charge is -2.17. The Kier molecular flexibility index (Phi) is 5.41. The number of ether oxygens (including phenoxy) is 2. The predicted octanol–water partition coefficient (Wildman–Crippen LogP) is 2.53. The molecule has 6 nitrogen and oxygen atoms in total. The van der Waals surface area contributed by atoms with E-state index in [2.05, 4.69) is 14.5 Å². The molecule has 1 aromatic heterocycles. The number of halogens is 2. The zero-order valence-electron chi connectivity index (χ0n) is 12.5. The van der Waals surface area contributed by atoms with Crippen molar-refractivity contribution in [3.8, 4) is 11.5 Å². The third kappa shape index (κ3) is 3.65. The number of Topliss-reactive ketones (excluding diaryl/α,β-unsaturated/α-hetero) is 1. The molecule has 1 N–H and O–H groups in total. The van der Waals surface area contributed by atoms with Gasteiger partial charge < -0.3 is 14.6 Å². The summed E-state index contributed by atoms with van der Waals surface area (Å²) >= 11 is 0. The van der Waals surface area contributed by atoms with Gasteiger partial charge in [-0.1, -0.05) is 18.2 Å². The van der Waals surface area contributed by atoms with Gasteiger partial charge in [0.25, 0.3) is 0 Å². The number of carbonyl (C=O) groups is 2. The summed E-state index contributed by atoms with van der Waals surface area (Å²) in [7, 11) is 1.05. The molecule has 8 heteroatoms.